The number of hydrogen-bond acceptors (Lipinski definition) is 2. The van der Waals surface area contributed by atoms with Gasteiger partial charge < -0.3 is 15.2 Å². The van der Waals surface area contributed by atoms with Gasteiger partial charge in [-0.1, -0.05) is 6.92 Å². The molecule has 0 fully saturated rings. The number of amides is 1. The molecule has 0 aromatic carbocycles. The molecule has 1 rings (SSSR count). The molecule has 1 unspecified atom stereocenters. The lowest BCUT2D eigenvalue weighted by Gasteiger charge is -2.11. The summed E-state index contributed by atoms with van der Waals surface area (Å²) in [4.78, 5) is 11.4. The maximum atomic E-state index is 11.4. The lowest BCUT2D eigenvalue weighted by molar-refractivity contribution is -0.121. The number of carbonyl (C=O) groups is 1. The summed E-state index contributed by atoms with van der Waals surface area (Å²) < 4.78 is 1.92. The zero-order chi connectivity index (χ0) is 12.7. The first kappa shape index (κ1) is 13.8. The van der Waals surface area contributed by atoms with Crippen LogP contribution in [0.5, 0.6) is 0 Å². The highest BCUT2D eigenvalue weighted by Gasteiger charge is 2.07. The quantitative estimate of drug-likeness (QED) is 0.758. The molecule has 4 nitrogen and oxygen atoms in total. The summed E-state index contributed by atoms with van der Waals surface area (Å²) in [7, 11) is 0. The van der Waals surface area contributed by atoms with Crippen molar-refractivity contribution in [3.8, 4) is 0 Å². The third-order valence-electron chi connectivity index (χ3n) is 2.67. The minimum atomic E-state index is 0.0591. The van der Waals surface area contributed by atoms with Crippen LogP contribution in [0, 0.1) is 0 Å². The molecule has 1 aromatic rings. The monoisotopic (exact) mass is 237 g/mol. The summed E-state index contributed by atoms with van der Waals surface area (Å²) in [6, 6.07) is 2.40. The van der Waals surface area contributed by atoms with E-state index < -0.39 is 0 Å². The van der Waals surface area contributed by atoms with Crippen molar-refractivity contribution in [1.82, 2.24) is 15.2 Å². The van der Waals surface area contributed by atoms with Crippen molar-refractivity contribution >= 4 is 5.91 Å². The molecule has 0 aliphatic rings. The van der Waals surface area contributed by atoms with Gasteiger partial charge in [-0.2, -0.15) is 0 Å². The fourth-order valence-electron chi connectivity index (χ4n) is 1.71. The SMILES string of the molecule is CCCNC(C)c1ccn(CC(=O)NCC)c1. The van der Waals surface area contributed by atoms with Crippen LogP contribution in [0.2, 0.25) is 0 Å². The van der Waals surface area contributed by atoms with E-state index in [0.717, 1.165) is 13.0 Å². The lowest BCUT2D eigenvalue weighted by Crippen LogP contribution is -2.26. The molecule has 1 atom stereocenters. The first-order chi connectivity index (χ1) is 8.17. The van der Waals surface area contributed by atoms with Crippen molar-refractivity contribution in [3.05, 3.63) is 24.0 Å². The molecule has 2 N–H and O–H groups in total. The fourth-order valence-corrected chi connectivity index (χ4v) is 1.71. The zero-order valence-corrected chi connectivity index (χ0v) is 11.0. The van der Waals surface area contributed by atoms with Gasteiger partial charge in [0.05, 0.1) is 0 Å². The molecular weight excluding hydrogens is 214 g/mol. The first-order valence-electron chi connectivity index (χ1n) is 6.33. The van der Waals surface area contributed by atoms with Gasteiger partial charge in [0.25, 0.3) is 0 Å². The number of hydrogen-bond donors (Lipinski definition) is 2. The van der Waals surface area contributed by atoms with Crippen molar-refractivity contribution in [2.75, 3.05) is 13.1 Å². The van der Waals surface area contributed by atoms with Gasteiger partial charge in [0.15, 0.2) is 0 Å². The van der Waals surface area contributed by atoms with Crippen molar-refractivity contribution in [3.63, 3.8) is 0 Å². The number of likely N-dealkylation sites (N-methyl/N-ethyl adjacent to an activating group) is 1. The standard InChI is InChI=1S/C13H23N3O/c1-4-7-15-11(3)12-6-8-16(9-12)10-13(17)14-5-2/h6,8-9,11,15H,4-5,7,10H2,1-3H3,(H,14,17). The topological polar surface area (TPSA) is 46.1 Å². The van der Waals surface area contributed by atoms with Gasteiger partial charge in [-0.25, -0.2) is 0 Å². The van der Waals surface area contributed by atoms with E-state index in [1.165, 1.54) is 5.56 Å². The number of nitrogens with zero attached hydrogens (tertiary/aromatic N) is 1. The minimum absolute atomic E-state index is 0.0591. The van der Waals surface area contributed by atoms with Crippen LogP contribution in [-0.4, -0.2) is 23.6 Å². The maximum absolute atomic E-state index is 11.4. The van der Waals surface area contributed by atoms with E-state index in [9.17, 15) is 4.79 Å². The predicted octanol–water partition coefficient (Wildman–Crippen LogP) is 1.68. The average Bonchev–Trinajstić information content (AvgIpc) is 2.74. The average molecular weight is 237 g/mol. The van der Waals surface area contributed by atoms with E-state index in [2.05, 4.69) is 30.5 Å². The Balaban J connectivity index is 2.49. The second kappa shape index (κ2) is 7.12. The van der Waals surface area contributed by atoms with Crippen molar-refractivity contribution in [2.24, 2.45) is 0 Å². The highest BCUT2D eigenvalue weighted by Crippen LogP contribution is 2.12. The molecule has 0 aliphatic carbocycles. The molecule has 0 bridgehead atoms. The van der Waals surface area contributed by atoms with Gasteiger partial charge >= 0.3 is 0 Å². The second-order valence-electron chi connectivity index (χ2n) is 4.25. The summed E-state index contributed by atoms with van der Waals surface area (Å²) in [6.07, 6.45) is 5.11. The van der Waals surface area contributed by atoms with Crippen LogP contribution < -0.4 is 10.6 Å². The largest absolute Gasteiger partial charge is 0.355 e. The summed E-state index contributed by atoms with van der Waals surface area (Å²) in [5.41, 5.74) is 1.22. The molecule has 0 saturated heterocycles. The predicted molar refractivity (Wildman–Crippen MR) is 69.8 cm³/mol. The Morgan fingerprint density at radius 1 is 1.47 bits per heavy atom. The Labute approximate surface area is 103 Å². The van der Waals surface area contributed by atoms with Gasteiger partial charge in [0, 0.05) is 25.0 Å². The number of rotatable bonds is 7. The van der Waals surface area contributed by atoms with Gasteiger partial charge in [0.1, 0.15) is 6.54 Å². The molecule has 0 spiro atoms. The Morgan fingerprint density at radius 2 is 2.24 bits per heavy atom. The molecule has 17 heavy (non-hydrogen) atoms. The molecule has 96 valence electrons. The van der Waals surface area contributed by atoms with Crippen LogP contribution in [0.25, 0.3) is 0 Å². The van der Waals surface area contributed by atoms with Crippen molar-refractivity contribution in [2.45, 2.75) is 39.8 Å². The first-order valence-corrected chi connectivity index (χ1v) is 6.33. The van der Waals surface area contributed by atoms with Crippen LogP contribution in [0.4, 0.5) is 0 Å². The third-order valence-corrected chi connectivity index (χ3v) is 2.67. The van der Waals surface area contributed by atoms with E-state index in [1.54, 1.807) is 0 Å². The van der Waals surface area contributed by atoms with E-state index in [-0.39, 0.29) is 5.91 Å². The summed E-state index contributed by atoms with van der Waals surface area (Å²) >= 11 is 0. The van der Waals surface area contributed by atoms with E-state index in [4.69, 9.17) is 0 Å². The molecule has 1 amide bonds. The Kier molecular flexibility index (Phi) is 5.77. The third kappa shape index (κ3) is 4.61. The second-order valence-corrected chi connectivity index (χ2v) is 4.25. The summed E-state index contributed by atoms with van der Waals surface area (Å²) in [5.74, 6) is 0.0591. The molecule has 0 aliphatic heterocycles. The van der Waals surface area contributed by atoms with E-state index in [1.807, 2.05) is 23.9 Å². The van der Waals surface area contributed by atoms with Crippen LogP contribution >= 0.6 is 0 Å². The van der Waals surface area contributed by atoms with Crippen LogP contribution in [0.1, 0.15) is 38.8 Å². The zero-order valence-electron chi connectivity index (χ0n) is 11.0. The minimum Gasteiger partial charge on any atom is -0.355 e. The van der Waals surface area contributed by atoms with Crippen molar-refractivity contribution in [1.29, 1.82) is 0 Å². The summed E-state index contributed by atoms with van der Waals surface area (Å²) in [6.45, 7) is 8.32. The molecule has 1 aromatic heterocycles. The normalized spacial score (nSPS) is 12.4. The van der Waals surface area contributed by atoms with Crippen LogP contribution in [0.15, 0.2) is 18.5 Å². The lowest BCUT2D eigenvalue weighted by atomic mass is 10.2. The molecule has 0 saturated carbocycles. The summed E-state index contributed by atoms with van der Waals surface area (Å²) in [5, 5.41) is 6.22. The van der Waals surface area contributed by atoms with E-state index >= 15 is 0 Å². The van der Waals surface area contributed by atoms with Crippen molar-refractivity contribution < 1.29 is 4.79 Å². The number of nitrogens with one attached hydrogen (secondary N) is 2. The molecule has 0 radical (unpaired) electrons. The van der Waals surface area contributed by atoms with E-state index in [0.29, 0.717) is 19.1 Å². The Hall–Kier alpha value is -1.29. The Morgan fingerprint density at radius 3 is 2.88 bits per heavy atom. The smallest absolute Gasteiger partial charge is 0.239 e. The fraction of sp³-hybridized carbons (Fsp3) is 0.615. The van der Waals surface area contributed by atoms with Crippen LogP contribution in [-0.2, 0) is 11.3 Å². The Bertz CT molecular complexity index is 346. The van der Waals surface area contributed by atoms with Gasteiger partial charge in [0.2, 0.25) is 5.91 Å². The number of aromatic nitrogens is 1. The van der Waals surface area contributed by atoms with Gasteiger partial charge in [-0.15, -0.1) is 0 Å². The molecular formula is C13H23N3O. The maximum Gasteiger partial charge on any atom is 0.239 e. The highest BCUT2D eigenvalue weighted by atomic mass is 16.1. The molecule has 4 heteroatoms. The highest BCUT2D eigenvalue weighted by molar-refractivity contribution is 5.75. The van der Waals surface area contributed by atoms with Crippen LogP contribution in [0.3, 0.4) is 0 Å². The van der Waals surface area contributed by atoms with Gasteiger partial charge in [-0.05, 0) is 38.4 Å². The van der Waals surface area contributed by atoms with Gasteiger partial charge in [-0.3, -0.25) is 4.79 Å². The molecule has 1 heterocycles. The number of carbonyl (C=O) groups excluding carboxylic acids is 1.